The van der Waals surface area contributed by atoms with Crippen LogP contribution in [0.1, 0.15) is 45.0 Å². The van der Waals surface area contributed by atoms with Gasteiger partial charge in [0.1, 0.15) is 0 Å². The maximum absolute atomic E-state index is 4.64. The summed E-state index contributed by atoms with van der Waals surface area (Å²) in [5.74, 6) is 0. The molecule has 1 aromatic heterocycles. The predicted molar refractivity (Wildman–Crippen MR) is 79.3 cm³/mol. The number of hydrogen-bond donors (Lipinski definition) is 1. The zero-order valence-electron chi connectivity index (χ0n) is 12.7. The smallest absolute Gasteiger partial charge is 0.0625 e. The normalized spacial score (nSPS) is 20.9. The summed E-state index contributed by atoms with van der Waals surface area (Å²) < 4.78 is 2.16. The van der Waals surface area contributed by atoms with Crippen molar-refractivity contribution in [2.24, 2.45) is 0 Å². The first-order chi connectivity index (χ1) is 9.26. The van der Waals surface area contributed by atoms with E-state index in [2.05, 4.69) is 46.8 Å². The van der Waals surface area contributed by atoms with Gasteiger partial charge in [0.2, 0.25) is 0 Å². The molecule has 4 heteroatoms. The van der Waals surface area contributed by atoms with Crippen LogP contribution in [0.2, 0.25) is 0 Å². The van der Waals surface area contributed by atoms with Crippen LogP contribution in [-0.4, -0.2) is 40.4 Å². The standard InChI is InChI=1S/C15H28N4/c1-4-7-14-11-18(9-8-16-14)12-15-10-13(5-2)17-19(15)6-3/h10,14,16H,4-9,11-12H2,1-3H3. The third-order valence-corrected chi connectivity index (χ3v) is 3.94. The van der Waals surface area contributed by atoms with Crippen LogP contribution in [-0.2, 0) is 19.5 Å². The van der Waals surface area contributed by atoms with Crippen molar-refractivity contribution in [1.29, 1.82) is 0 Å². The average molecular weight is 264 g/mol. The lowest BCUT2D eigenvalue weighted by Crippen LogP contribution is -2.50. The van der Waals surface area contributed by atoms with Gasteiger partial charge in [-0.3, -0.25) is 9.58 Å². The Morgan fingerprint density at radius 3 is 2.89 bits per heavy atom. The lowest BCUT2D eigenvalue weighted by atomic mass is 10.1. The topological polar surface area (TPSA) is 33.1 Å². The van der Waals surface area contributed by atoms with Crippen LogP contribution in [0.3, 0.4) is 0 Å². The van der Waals surface area contributed by atoms with Crippen LogP contribution in [0, 0.1) is 0 Å². The van der Waals surface area contributed by atoms with Crippen LogP contribution in [0.15, 0.2) is 6.07 Å². The number of nitrogens with zero attached hydrogens (tertiary/aromatic N) is 3. The molecule has 108 valence electrons. The van der Waals surface area contributed by atoms with E-state index in [0.717, 1.165) is 32.6 Å². The molecule has 1 aromatic rings. The molecule has 1 atom stereocenters. The fourth-order valence-electron chi connectivity index (χ4n) is 2.90. The zero-order chi connectivity index (χ0) is 13.7. The lowest BCUT2D eigenvalue weighted by molar-refractivity contribution is 0.182. The largest absolute Gasteiger partial charge is 0.311 e. The fourth-order valence-corrected chi connectivity index (χ4v) is 2.90. The Hall–Kier alpha value is -0.870. The molecule has 2 rings (SSSR count). The Labute approximate surface area is 117 Å². The summed E-state index contributed by atoms with van der Waals surface area (Å²) in [6.07, 6.45) is 3.57. The van der Waals surface area contributed by atoms with E-state index >= 15 is 0 Å². The molecule has 1 saturated heterocycles. The minimum atomic E-state index is 0.669. The molecule has 0 radical (unpaired) electrons. The number of nitrogens with one attached hydrogen (secondary N) is 1. The van der Waals surface area contributed by atoms with E-state index in [9.17, 15) is 0 Å². The molecule has 1 aliphatic rings. The molecule has 19 heavy (non-hydrogen) atoms. The summed E-state index contributed by atoms with van der Waals surface area (Å²) in [6, 6.07) is 2.95. The molecule has 1 aliphatic heterocycles. The number of piperazine rings is 1. The minimum Gasteiger partial charge on any atom is -0.311 e. The van der Waals surface area contributed by atoms with Gasteiger partial charge in [-0.25, -0.2) is 0 Å². The lowest BCUT2D eigenvalue weighted by Gasteiger charge is -2.33. The summed E-state index contributed by atoms with van der Waals surface area (Å²) >= 11 is 0. The van der Waals surface area contributed by atoms with Gasteiger partial charge in [0.05, 0.1) is 11.4 Å². The molecule has 4 nitrogen and oxygen atoms in total. The third kappa shape index (κ3) is 3.80. The van der Waals surface area contributed by atoms with Crippen molar-refractivity contribution >= 4 is 0 Å². The molecule has 1 fully saturated rings. The Kier molecular flexibility index (Phi) is 5.40. The second-order valence-electron chi connectivity index (χ2n) is 5.47. The second kappa shape index (κ2) is 7.06. The van der Waals surface area contributed by atoms with Crippen molar-refractivity contribution in [1.82, 2.24) is 20.0 Å². The average Bonchev–Trinajstić information content (AvgIpc) is 2.82. The number of rotatable bonds is 6. The van der Waals surface area contributed by atoms with Crippen molar-refractivity contribution in [3.05, 3.63) is 17.5 Å². The van der Waals surface area contributed by atoms with Gasteiger partial charge in [-0.05, 0) is 25.8 Å². The van der Waals surface area contributed by atoms with Crippen LogP contribution >= 0.6 is 0 Å². The van der Waals surface area contributed by atoms with E-state index in [1.807, 2.05) is 0 Å². The van der Waals surface area contributed by atoms with E-state index in [0.29, 0.717) is 6.04 Å². The van der Waals surface area contributed by atoms with Gasteiger partial charge >= 0.3 is 0 Å². The van der Waals surface area contributed by atoms with Gasteiger partial charge in [0.25, 0.3) is 0 Å². The van der Waals surface area contributed by atoms with Crippen molar-refractivity contribution in [2.75, 3.05) is 19.6 Å². The molecule has 0 spiro atoms. The first-order valence-corrected chi connectivity index (χ1v) is 7.78. The molecule has 0 saturated carbocycles. The monoisotopic (exact) mass is 264 g/mol. The van der Waals surface area contributed by atoms with Crippen molar-refractivity contribution in [3.8, 4) is 0 Å². The highest BCUT2D eigenvalue weighted by Gasteiger charge is 2.19. The Balaban J connectivity index is 1.97. The predicted octanol–water partition coefficient (Wildman–Crippen LogP) is 2.04. The van der Waals surface area contributed by atoms with Crippen molar-refractivity contribution in [3.63, 3.8) is 0 Å². The molecule has 1 unspecified atom stereocenters. The maximum Gasteiger partial charge on any atom is 0.0625 e. The van der Waals surface area contributed by atoms with E-state index in [1.54, 1.807) is 0 Å². The minimum absolute atomic E-state index is 0.669. The number of hydrogen-bond acceptors (Lipinski definition) is 3. The van der Waals surface area contributed by atoms with Gasteiger partial charge in [-0.1, -0.05) is 20.3 Å². The van der Waals surface area contributed by atoms with E-state index < -0.39 is 0 Å². The molecule has 2 heterocycles. The fraction of sp³-hybridized carbons (Fsp3) is 0.800. The van der Waals surface area contributed by atoms with Crippen LogP contribution < -0.4 is 5.32 Å². The third-order valence-electron chi connectivity index (χ3n) is 3.94. The molecular formula is C15H28N4. The van der Waals surface area contributed by atoms with Gasteiger partial charge in [-0.15, -0.1) is 0 Å². The first kappa shape index (κ1) is 14.5. The molecule has 0 bridgehead atoms. The molecule has 0 aliphatic carbocycles. The number of aryl methyl sites for hydroxylation is 2. The molecular weight excluding hydrogens is 236 g/mol. The Morgan fingerprint density at radius 1 is 1.37 bits per heavy atom. The Bertz CT molecular complexity index is 383. The Morgan fingerprint density at radius 2 is 2.21 bits per heavy atom. The van der Waals surface area contributed by atoms with E-state index in [4.69, 9.17) is 0 Å². The summed E-state index contributed by atoms with van der Waals surface area (Å²) in [5, 5.41) is 8.26. The second-order valence-corrected chi connectivity index (χ2v) is 5.47. The summed E-state index contributed by atoms with van der Waals surface area (Å²) in [6.45, 7) is 12.1. The van der Waals surface area contributed by atoms with Gasteiger partial charge in [0.15, 0.2) is 0 Å². The highest BCUT2D eigenvalue weighted by molar-refractivity contribution is 5.10. The van der Waals surface area contributed by atoms with Gasteiger partial charge < -0.3 is 5.32 Å². The van der Waals surface area contributed by atoms with Crippen LogP contribution in [0.5, 0.6) is 0 Å². The summed E-state index contributed by atoms with van der Waals surface area (Å²) in [7, 11) is 0. The summed E-state index contributed by atoms with van der Waals surface area (Å²) in [4.78, 5) is 2.57. The molecule has 0 amide bonds. The first-order valence-electron chi connectivity index (χ1n) is 7.78. The highest BCUT2D eigenvalue weighted by atomic mass is 15.3. The number of aromatic nitrogens is 2. The van der Waals surface area contributed by atoms with E-state index in [-0.39, 0.29) is 0 Å². The zero-order valence-corrected chi connectivity index (χ0v) is 12.7. The van der Waals surface area contributed by atoms with Crippen LogP contribution in [0.25, 0.3) is 0 Å². The van der Waals surface area contributed by atoms with Gasteiger partial charge in [0, 0.05) is 38.8 Å². The molecule has 0 aromatic carbocycles. The maximum atomic E-state index is 4.64. The quantitative estimate of drug-likeness (QED) is 0.853. The van der Waals surface area contributed by atoms with Crippen molar-refractivity contribution < 1.29 is 0 Å². The SMILES string of the molecule is CCCC1CN(Cc2cc(CC)nn2CC)CCN1. The summed E-state index contributed by atoms with van der Waals surface area (Å²) in [5.41, 5.74) is 2.59. The molecule has 1 N–H and O–H groups in total. The van der Waals surface area contributed by atoms with E-state index in [1.165, 1.54) is 30.8 Å². The van der Waals surface area contributed by atoms with Crippen molar-refractivity contribution in [2.45, 2.75) is 59.2 Å². The van der Waals surface area contributed by atoms with Gasteiger partial charge in [-0.2, -0.15) is 5.10 Å². The highest BCUT2D eigenvalue weighted by Crippen LogP contribution is 2.12. The van der Waals surface area contributed by atoms with Crippen LogP contribution in [0.4, 0.5) is 0 Å².